The van der Waals surface area contributed by atoms with Crippen molar-refractivity contribution in [2.45, 2.75) is 6.10 Å². The minimum atomic E-state index is -3.43. The van der Waals surface area contributed by atoms with Crippen LogP contribution in [0.2, 0.25) is 0 Å². The number of nitrogens with one attached hydrogen (secondary N) is 2. The molecular formula is C15H14FN3O6S. The van der Waals surface area contributed by atoms with Gasteiger partial charge in [0.15, 0.2) is 0 Å². The van der Waals surface area contributed by atoms with Gasteiger partial charge in [-0.15, -0.1) is 0 Å². The Hall–Kier alpha value is -2.79. The van der Waals surface area contributed by atoms with Crippen molar-refractivity contribution >= 4 is 39.2 Å². The number of anilines is 1. The predicted molar refractivity (Wildman–Crippen MR) is 88.0 cm³/mol. The van der Waals surface area contributed by atoms with Crippen LogP contribution in [0.15, 0.2) is 24.3 Å². The van der Waals surface area contributed by atoms with Gasteiger partial charge in [-0.05, 0) is 18.2 Å². The van der Waals surface area contributed by atoms with Crippen molar-refractivity contribution in [1.29, 1.82) is 0 Å². The average Bonchev–Trinajstić information content (AvgIpc) is 3.06. The zero-order valence-corrected chi connectivity index (χ0v) is 14.3. The fourth-order valence-corrected chi connectivity index (χ4v) is 3.07. The van der Waals surface area contributed by atoms with Gasteiger partial charge in [-0.2, -0.15) is 0 Å². The SMILES string of the molecule is CS(=O)(=O)NC[C@@H]1CN(c2ccc(C3=CC(=O)NC3=O)c(F)c2)C(=O)O1. The van der Waals surface area contributed by atoms with E-state index < -0.39 is 39.9 Å². The molecule has 3 rings (SSSR count). The number of halogens is 1. The summed E-state index contributed by atoms with van der Waals surface area (Å²) >= 11 is 0. The molecule has 2 aliphatic rings. The summed E-state index contributed by atoms with van der Waals surface area (Å²) in [5.74, 6) is -2.11. The molecule has 0 radical (unpaired) electrons. The smallest absolute Gasteiger partial charge is 0.414 e. The first-order valence-electron chi connectivity index (χ1n) is 7.44. The van der Waals surface area contributed by atoms with E-state index in [4.69, 9.17) is 4.74 Å². The average molecular weight is 383 g/mol. The second-order valence-corrected chi connectivity index (χ2v) is 7.61. The van der Waals surface area contributed by atoms with Crippen LogP contribution in [-0.4, -0.2) is 51.8 Å². The Morgan fingerprint density at radius 2 is 2.08 bits per heavy atom. The van der Waals surface area contributed by atoms with Gasteiger partial charge in [-0.3, -0.25) is 19.8 Å². The Morgan fingerprint density at radius 3 is 2.65 bits per heavy atom. The van der Waals surface area contributed by atoms with E-state index >= 15 is 0 Å². The Kier molecular flexibility index (Phi) is 4.50. The first kappa shape index (κ1) is 18.0. The number of carbonyl (C=O) groups excluding carboxylic acids is 3. The molecule has 3 amide bonds. The van der Waals surface area contributed by atoms with Crippen molar-refractivity contribution in [3.8, 4) is 0 Å². The molecule has 11 heteroatoms. The Morgan fingerprint density at radius 1 is 1.35 bits per heavy atom. The van der Waals surface area contributed by atoms with Crippen LogP contribution >= 0.6 is 0 Å². The van der Waals surface area contributed by atoms with Gasteiger partial charge in [-0.1, -0.05) is 0 Å². The summed E-state index contributed by atoms with van der Waals surface area (Å²) in [4.78, 5) is 35.9. The van der Waals surface area contributed by atoms with Gasteiger partial charge in [0.2, 0.25) is 10.0 Å². The highest BCUT2D eigenvalue weighted by molar-refractivity contribution is 7.88. The Labute approximate surface area is 147 Å². The van der Waals surface area contributed by atoms with E-state index in [0.29, 0.717) is 0 Å². The molecule has 1 aromatic rings. The lowest BCUT2D eigenvalue weighted by atomic mass is 10.0. The van der Waals surface area contributed by atoms with Gasteiger partial charge in [0, 0.05) is 18.2 Å². The topological polar surface area (TPSA) is 122 Å². The lowest BCUT2D eigenvalue weighted by Gasteiger charge is -2.14. The van der Waals surface area contributed by atoms with E-state index in [1.54, 1.807) is 0 Å². The zero-order valence-electron chi connectivity index (χ0n) is 13.5. The number of nitrogens with zero attached hydrogens (tertiary/aromatic N) is 1. The number of carbonyl (C=O) groups is 3. The molecule has 1 atom stereocenters. The first-order valence-corrected chi connectivity index (χ1v) is 9.33. The second kappa shape index (κ2) is 6.50. The third kappa shape index (κ3) is 3.73. The zero-order chi connectivity index (χ0) is 19.1. The highest BCUT2D eigenvalue weighted by Gasteiger charge is 2.33. The van der Waals surface area contributed by atoms with E-state index in [9.17, 15) is 27.2 Å². The molecule has 0 aliphatic carbocycles. The van der Waals surface area contributed by atoms with Gasteiger partial charge in [-0.25, -0.2) is 22.3 Å². The fraction of sp³-hybridized carbons (Fsp3) is 0.267. The molecule has 138 valence electrons. The van der Waals surface area contributed by atoms with Crippen molar-refractivity contribution < 1.29 is 31.9 Å². The number of hydrogen-bond donors (Lipinski definition) is 2. The quantitative estimate of drug-likeness (QED) is 0.676. The lowest BCUT2D eigenvalue weighted by molar-refractivity contribution is -0.123. The Balaban J connectivity index is 1.77. The fourth-order valence-electron chi connectivity index (χ4n) is 2.59. The number of rotatable bonds is 5. The van der Waals surface area contributed by atoms with Gasteiger partial charge in [0.25, 0.3) is 11.8 Å². The van der Waals surface area contributed by atoms with Crippen LogP contribution in [0.5, 0.6) is 0 Å². The largest absolute Gasteiger partial charge is 0.443 e. The summed E-state index contributed by atoms with van der Waals surface area (Å²) in [5.41, 5.74) is 0.0154. The van der Waals surface area contributed by atoms with E-state index in [1.807, 2.05) is 5.32 Å². The third-order valence-corrected chi connectivity index (χ3v) is 4.45. The minimum Gasteiger partial charge on any atom is -0.443 e. The monoisotopic (exact) mass is 383 g/mol. The summed E-state index contributed by atoms with van der Waals surface area (Å²) in [5, 5.41) is 2.02. The normalized spacial score (nSPS) is 20.2. The molecule has 0 bridgehead atoms. The molecular weight excluding hydrogens is 369 g/mol. The molecule has 1 aromatic carbocycles. The predicted octanol–water partition coefficient (Wildman–Crippen LogP) is -0.260. The van der Waals surface area contributed by atoms with Crippen molar-refractivity contribution in [1.82, 2.24) is 10.0 Å². The summed E-state index contributed by atoms with van der Waals surface area (Å²) in [7, 11) is -3.43. The molecule has 0 saturated carbocycles. The number of benzene rings is 1. The third-order valence-electron chi connectivity index (χ3n) is 3.76. The number of amides is 3. The van der Waals surface area contributed by atoms with Crippen molar-refractivity contribution in [3.05, 3.63) is 35.7 Å². The second-order valence-electron chi connectivity index (χ2n) is 5.78. The van der Waals surface area contributed by atoms with Crippen molar-refractivity contribution in [2.24, 2.45) is 0 Å². The van der Waals surface area contributed by atoms with E-state index in [1.165, 1.54) is 12.1 Å². The molecule has 9 nitrogen and oxygen atoms in total. The van der Waals surface area contributed by atoms with Crippen LogP contribution in [-0.2, 0) is 24.3 Å². The molecule has 26 heavy (non-hydrogen) atoms. The summed E-state index contributed by atoms with van der Waals surface area (Å²) in [6.07, 6.45) is 0.512. The van der Waals surface area contributed by atoms with Crippen LogP contribution in [0.25, 0.3) is 5.57 Å². The van der Waals surface area contributed by atoms with Crippen molar-refractivity contribution in [2.75, 3.05) is 24.2 Å². The van der Waals surface area contributed by atoms with Crippen LogP contribution in [0.4, 0.5) is 14.9 Å². The molecule has 2 aliphatic heterocycles. The van der Waals surface area contributed by atoms with E-state index in [0.717, 1.165) is 23.3 Å². The van der Waals surface area contributed by atoms with Crippen LogP contribution in [0, 0.1) is 5.82 Å². The van der Waals surface area contributed by atoms with Gasteiger partial charge in [0.1, 0.15) is 11.9 Å². The lowest BCUT2D eigenvalue weighted by Crippen LogP contribution is -2.34. The highest BCUT2D eigenvalue weighted by atomic mass is 32.2. The maximum absolute atomic E-state index is 14.4. The van der Waals surface area contributed by atoms with Gasteiger partial charge in [0.05, 0.1) is 24.1 Å². The molecule has 0 unspecified atom stereocenters. The highest BCUT2D eigenvalue weighted by Crippen LogP contribution is 2.28. The summed E-state index contributed by atoms with van der Waals surface area (Å²) in [6.45, 7) is -0.0708. The van der Waals surface area contributed by atoms with Gasteiger partial charge >= 0.3 is 6.09 Å². The maximum Gasteiger partial charge on any atom is 0.414 e. The summed E-state index contributed by atoms with van der Waals surface area (Å²) < 4.78 is 43.9. The van der Waals surface area contributed by atoms with Crippen LogP contribution < -0.4 is 14.9 Å². The number of hydrogen-bond acceptors (Lipinski definition) is 6. The molecule has 0 aromatic heterocycles. The standard InChI is InChI=1S/C15H14FN3O6S/c1-26(23,24)17-6-9-7-19(15(22)25-9)8-2-3-10(12(16)4-8)11-5-13(20)18-14(11)21/h2-5,9,17H,6-7H2,1H3,(H,18,20,21)/t9-/m1/s1. The number of imide groups is 1. The Bertz CT molecular complexity index is 943. The molecule has 1 fully saturated rings. The van der Waals surface area contributed by atoms with Gasteiger partial charge < -0.3 is 4.74 Å². The molecule has 2 heterocycles. The molecule has 2 N–H and O–H groups in total. The summed E-state index contributed by atoms with van der Waals surface area (Å²) in [6, 6.07) is 3.73. The number of cyclic esters (lactones) is 1. The van der Waals surface area contributed by atoms with Crippen LogP contribution in [0.1, 0.15) is 5.56 Å². The first-order chi connectivity index (χ1) is 12.1. The number of sulfonamides is 1. The number of ether oxygens (including phenoxy) is 1. The minimum absolute atomic E-state index is 0.0296. The molecule has 1 saturated heterocycles. The maximum atomic E-state index is 14.4. The van der Waals surface area contributed by atoms with Crippen molar-refractivity contribution in [3.63, 3.8) is 0 Å². The van der Waals surface area contributed by atoms with Crippen LogP contribution in [0.3, 0.4) is 0 Å². The van der Waals surface area contributed by atoms with E-state index in [2.05, 4.69) is 4.72 Å². The molecule has 0 spiro atoms. The van der Waals surface area contributed by atoms with E-state index in [-0.39, 0.29) is 29.9 Å².